The van der Waals surface area contributed by atoms with E-state index in [4.69, 9.17) is 14.0 Å². The monoisotopic (exact) mass is 344 g/mol. The fourth-order valence-electron chi connectivity index (χ4n) is 3.23. The van der Waals surface area contributed by atoms with Crippen molar-refractivity contribution in [1.29, 1.82) is 0 Å². The fraction of sp³-hybridized carbons (Fsp3) is 0.474. The highest BCUT2D eigenvalue weighted by Crippen LogP contribution is 2.28. The number of carbonyl (C=O) groups is 1. The average Bonchev–Trinajstić information content (AvgIpc) is 3.04. The number of ether oxygens (including phenoxy) is 2. The number of hydrogen-bond donors (Lipinski definition) is 1. The Morgan fingerprint density at radius 3 is 2.96 bits per heavy atom. The van der Waals surface area contributed by atoms with Crippen LogP contribution in [0, 0.1) is 5.92 Å². The Kier molecular flexibility index (Phi) is 5.26. The third kappa shape index (κ3) is 3.78. The molecule has 3 rings (SSSR count). The average molecular weight is 344 g/mol. The zero-order valence-corrected chi connectivity index (χ0v) is 14.9. The zero-order valence-electron chi connectivity index (χ0n) is 14.9. The highest BCUT2D eigenvalue weighted by atomic mass is 16.5. The Hall–Kier alpha value is -2.50. The van der Waals surface area contributed by atoms with Crippen LogP contribution >= 0.6 is 0 Å². The highest BCUT2D eigenvalue weighted by Gasteiger charge is 2.26. The first kappa shape index (κ1) is 17.3. The molecule has 134 valence electrons. The van der Waals surface area contributed by atoms with Crippen LogP contribution in [0.15, 0.2) is 22.7 Å². The van der Waals surface area contributed by atoms with Gasteiger partial charge in [0.25, 0.3) is 5.91 Å². The van der Waals surface area contributed by atoms with E-state index < -0.39 is 0 Å². The number of methoxy groups -OCH3 is 2. The number of fused-ring (bicyclic) bond motifs is 1. The number of nitrogens with one attached hydrogen (secondary N) is 1. The fourth-order valence-corrected chi connectivity index (χ4v) is 3.23. The third-order valence-corrected chi connectivity index (χ3v) is 4.67. The minimum absolute atomic E-state index is 0.180. The summed E-state index contributed by atoms with van der Waals surface area (Å²) in [4.78, 5) is 12.5. The van der Waals surface area contributed by atoms with Gasteiger partial charge in [-0.1, -0.05) is 12.1 Å². The molecular weight excluding hydrogens is 320 g/mol. The molecule has 1 heterocycles. The van der Waals surface area contributed by atoms with Crippen molar-refractivity contribution in [3.63, 3.8) is 0 Å². The van der Waals surface area contributed by atoms with Crippen LogP contribution in [0.1, 0.15) is 40.7 Å². The van der Waals surface area contributed by atoms with Gasteiger partial charge in [0.2, 0.25) is 0 Å². The Morgan fingerprint density at radius 1 is 1.36 bits per heavy atom. The summed E-state index contributed by atoms with van der Waals surface area (Å²) in [5.74, 6) is 2.78. The van der Waals surface area contributed by atoms with Gasteiger partial charge in [-0.25, -0.2) is 0 Å². The number of hydrogen-bond acceptors (Lipinski definition) is 5. The lowest BCUT2D eigenvalue weighted by Crippen LogP contribution is -2.27. The molecular formula is C19H24N2O4. The van der Waals surface area contributed by atoms with E-state index in [1.54, 1.807) is 14.2 Å². The van der Waals surface area contributed by atoms with Gasteiger partial charge in [0, 0.05) is 18.5 Å². The van der Waals surface area contributed by atoms with Gasteiger partial charge in [0.05, 0.1) is 14.2 Å². The number of nitrogens with zero attached hydrogens (tertiary/aromatic N) is 1. The molecule has 0 bridgehead atoms. The lowest BCUT2D eigenvalue weighted by Gasteiger charge is -2.16. The van der Waals surface area contributed by atoms with Gasteiger partial charge in [0.1, 0.15) is 17.3 Å². The number of amides is 1. The summed E-state index contributed by atoms with van der Waals surface area (Å²) in [5.41, 5.74) is 2.38. The predicted molar refractivity (Wildman–Crippen MR) is 93.3 cm³/mol. The molecule has 0 aliphatic heterocycles. The van der Waals surface area contributed by atoms with E-state index in [0.29, 0.717) is 24.6 Å². The zero-order chi connectivity index (χ0) is 17.8. The van der Waals surface area contributed by atoms with Crippen LogP contribution < -0.4 is 14.8 Å². The first-order valence-corrected chi connectivity index (χ1v) is 8.59. The SMILES string of the molecule is COc1ccc(OC)c(CCNC(=O)c2noc3c2CC(C)CC3)c1. The van der Waals surface area contributed by atoms with Crippen molar-refractivity contribution >= 4 is 5.91 Å². The summed E-state index contributed by atoms with van der Waals surface area (Å²) >= 11 is 0. The molecule has 1 aromatic heterocycles. The minimum Gasteiger partial charge on any atom is -0.497 e. The quantitative estimate of drug-likeness (QED) is 0.872. The van der Waals surface area contributed by atoms with Crippen LogP contribution in [0.2, 0.25) is 0 Å². The maximum Gasteiger partial charge on any atom is 0.273 e. The first-order valence-electron chi connectivity index (χ1n) is 8.59. The Bertz CT molecular complexity index is 754. The second-order valence-electron chi connectivity index (χ2n) is 6.46. The van der Waals surface area contributed by atoms with Crippen LogP contribution in [0.5, 0.6) is 11.5 Å². The summed E-state index contributed by atoms with van der Waals surface area (Å²) in [6, 6.07) is 5.64. The van der Waals surface area contributed by atoms with Crippen molar-refractivity contribution < 1.29 is 18.8 Å². The van der Waals surface area contributed by atoms with Gasteiger partial charge in [-0.05, 0) is 48.9 Å². The molecule has 1 N–H and O–H groups in total. The van der Waals surface area contributed by atoms with Gasteiger partial charge in [0.15, 0.2) is 5.69 Å². The molecule has 1 amide bonds. The molecule has 2 aromatic rings. The predicted octanol–water partition coefficient (Wildman–Crippen LogP) is 2.79. The Labute approximate surface area is 147 Å². The van der Waals surface area contributed by atoms with Crippen LogP contribution in [-0.4, -0.2) is 31.8 Å². The summed E-state index contributed by atoms with van der Waals surface area (Å²) in [5, 5.41) is 6.92. The van der Waals surface area contributed by atoms with Crippen molar-refractivity contribution in [3.8, 4) is 11.5 Å². The molecule has 0 saturated carbocycles. The molecule has 1 atom stereocenters. The topological polar surface area (TPSA) is 73.6 Å². The van der Waals surface area contributed by atoms with Crippen molar-refractivity contribution in [1.82, 2.24) is 10.5 Å². The van der Waals surface area contributed by atoms with E-state index in [1.165, 1.54) is 0 Å². The second kappa shape index (κ2) is 7.59. The maximum absolute atomic E-state index is 12.5. The molecule has 6 nitrogen and oxygen atoms in total. The third-order valence-electron chi connectivity index (χ3n) is 4.67. The number of rotatable bonds is 6. The highest BCUT2D eigenvalue weighted by molar-refractivity contribution is 5.93. The van der Waals surface area contributed by atoms with E-state index in [9.17, 15) is 4.79 Å². The Morgan fingerprint density at radius 2 is 2.20 bits per heavy atom. The van der Waals surface area contributed by atoms with Crippen LogP contribution in [-0.2, 0) is 19.3 Å². The summed E-state index contributed by atoms with van der Waals surface area (Å²) in [7, 11) is 3.26. The van der Waals surface area contributed by atoms with E-state index in [2.05, 4.69) is 17.4 Å². The van der Waals surface area contributed by atoms with E-state index in [0.717, 1.165) is 47.6 Å². The van der Waals surface area contributed by atoms with Gasteiger partial charge < -0.3 is 19.3 Å². The smallest absolute Gasteiger partial charge is 0.273 e. The van der Waals surface area contributed by atoms with Crippen molar-refractivity contribution in [2.75, 3.05) is 20.8 Å². The molecule has 0 spiro atoms. The summed E-state index contributed by atoms with van der Waals surface area (Å²) in [6.07, 6.45) is 3.44. The summed E-state index contributed by atoms with van der Waals surface area (Å²) in [6.45, 7) is 2.67. The molecule has 1 aliphatic rings. The molecule has 1 aromatic carbocycles. The molecule has 25 heavy (non-hydrogen) atoms. The van der Waals surface area contributed by atoms with Crippen molar-refractivity contribution in [3.05, 3.63) is 40.8 Å². The number of carbonyl (C=O) groups excluding carboxylic acids is 1. The second-order valence-corrected chi connectivity index (χ2v) is 6.46. The lowest BCUT2D eigenvalue weighted by atomic mass is 9.88. The molecule has 0 radical (unpaired) electrons. The molecule has 0 saturated heterocycles. The maximum atomic E-state index is 12.5. The number of aromatic nitrogens is 1. The van der Waals surface area contributed by atoms with Crippen LogP contribution in [0.25, 0.3) is 0 Å². The van der Waals surface area contributed by atoms with Gasteiger partial charge in [-0.3, -0.25) is 4.79 Å². The first-order chi connectivity index (χ1) is 12.1. The van der Waals surface area contributed by atoms with Crippen LogP contribution in [0.4, 0.5) is 0 Å². The normalized spacial score (nSPS) is 16.2. The standard InChI is InChI=1S/C19H24N2O4/c1-12-4-6-17-15(10-12)18(21-25-17)19(22)20-9-8-13-11-14(23-2)5-7-16(13)24-3/h5,7,11-12H,4,6,8-10H2,1-3H3,(H,20,22). The van der Waals surface area contributed by atoms with E-state index in [1.807, 2.05) is 18.2 Å². The van der Waals surface area contributed by atoms with E-state index >= 15 is 0 Å². The van der Waals surface area contributed by atoms with Crippen LogP contribution in [0.3, 0.4) is 0 Å². The molecule has 1 aliphatic carbocycles. The van der Waals surface area contributed by atoms with Gasteiger partial charge in [-0.2, -0.15) is 0 Å². The lowest BCUT2D eigenvalue weighted by molar-refractivity contribution is 0.0944. The van der Waals surface area contributed by atoms with E-state index in [-0.39, 0.29) is 5.91 Å². The molecule has 1 unspecified atom stereocenters. The minimum atomic E-state index is -0.180. The largest absolute Gasteiger partial charge is 0.497 e. The number of benzene rings is 1. The van der Waals surface area contributed by atoms with Gasteiger partial charge >= 0.3 is 0 Å². The van der Waals surface area contributed by atoms with Crippen molar-refractivity contribution in [2.24, 2.45) is 5.92 Å². The number of aryl methyl sites for hydroxylation is 1. The van der Waals surface area contributed by atoms with Crippen molar-refractivity contribution in [2.45, 2.75) is 32.6 Å². The molecule has 6 heteroatoms. The van der Waals surface area contributed by atoms with Gasteiger partial charge in [-0.15, -0.1) is 0 Å². The molecule has 0 fully saturated rings. The summed E-state index contributed by atoms with van der Waals surface area (Å²) < 4.78 is 16.0. The Balaban J connectivity index is 1.63.